The molecule has 1 N–H and O–H groups in total. The summed E-state index contributed by atoms with van der Waals surface area (Å²) in [5, 5.41) is 7.70. The van der Waals surface area contributed by atoms with E-state index >= 15 is 0 Å². The Labute approximate surface area is 145 Å². The molecule has 0 bridgehead atoms. The molecule has 0 fully saturated rings. The van der Waals surface area contributed by atoms with E-state index in [2.05, 4.69) is 10.4 Å². The molecule has 0 aliphatic carbocycles. The van der Waals surface area contributed by atoms with Crippen molar-refractivity contribution in [1.82, 2.24) is 9.78 Å². The van der Waals surface area contributed by atoms with Crippen molar-refractivity contribution in [2.75, 3.05) is 24.3 Å². The summed E-state index contributed by atoms with van der Waals surface area (Å²) in [4.78, 5) is 14.3. The van der Waals surface area contributed by atoms with Gasteiger partial charge in [0.05, 0.1) is 16.4 Å². The molecule has 0 aliphatic heterocycles. The van der Waals surface area contributed by atoms with Crippen molar-refractivity contribution >= 4 is 28.9 Å². The minimum atomic E-state index is -0.279. The highest BCUT2D eigenvalue weighted by molar-refractivity contribution is 6.33. The molecule has 0 spiro atoms. The molecular weight excluding hydrogens is 324 g/mol. The molecule has 2 aromatic carbocycles. The van der Waals surface area contributed by atoms with Gasteiger partial charge in [-0.15, -0.1) is 0 Å². The van der Waals surface area contributed by atoms with Gasteiger partial charge in [0.2, 0.25) is 0 Å². The van der Waals surface area contributed by atoms with Crippen LogP contribution in [0.4, 0.5) is 11.4 Å². The van der Waals surface area contributed by atoms with Crippen molar-refractivity contribution in [2.24, 2.45) is 0 Å². The number of benzene rings is 2. The molecule has 3 aromatic rings. The third-order valence-corrected chi connectivity index (χ3v) is 3.83. The summed E-state index contributed by atoms with van der Waals surface area (Å²) in [7, 11) is 3.82. The molecule has 0 aliphatic rings. The zero-order valence-electron chi connectivity index (χ0n) is 13.4. The number of para-hydroxylation sites is 1. The number of anilines is 2. The monoisotopic (exact) mass is 340 g/mol. The van der Waals surface area contributed by atoms with Crippen LogP contribution in [0, 0.1) is 0 Å². The second kappa shape index (κ2) is 6.76. The van der Waals surface area contributed by atoms with Gasteiger partial charge >= 0.3 is 0 Å². The topological polar surface area (TPSA) is 50.2 Å². The fraction of sp³-hybridized carbons (Fsp3) is 0.111. The van der Waals surface area contributed by atoms with E-state index < -0.39 is 0 Å². The van der Waals surface area contributed by atoms with Crippen molar-refractivity contribution in [3.63, 3.8) is 0 Å². The van der Waals surface area contributed by atoms with E-state index in [1.807, 2.05) is 61.5 Å². The number of carbonyl (C=O) groups is 1. The number of halogens is 1. The number of hydrogen-bond acceptors (Lipinski definition) is 3. The molecule has 0 unspecified atom stereocenters. The summed E-state index contributed by atoms with van der Waals surface area (Å²) in [5.74, 6) is -0.279. The molecule has 5 nitrogen and oxygen atoms in total. The van der Waals surface area contributed by atoms with Crippen molar-refractivity contribution < 1.29 is 4.79 Å². The fourth-order valence-corrected chi connectivity index (χ4v) is 2.66. The number of carbonyl (C=O) groups excluding carboxylic acids is 1. The Bertz CT molecular complexity index is 858. The summed E-state index contributed by atoms with van der Waals surface area (Å²) < 4.78 is 1.66. The highest BCUT2D eigenvalue weighted by Crippen LogP contribution is 2.27. The minimum absolute atomic E-state index is 0.279. The molecule has 3 rings (SSSR count). The Balaban J connectivity index is 1.76. The summed E-state index contributed by atoms with van der Waals surface area (Å²) in [6, 6.07) is 16.7. The van der Waals surface area contributed by atoms with Crippen molar-refractivity contribution in [1.29, 1.82) is 0 Å². The van der Waals surface area contributed by atoms with Gasteiger partial charge in [0.1, 0.15) is 0 Å². The van der Waals surface area contributed by atoms with Crippen LogP contribution in [0.15, 0.2) is 60.8 Å². The van der Waals surface area contributed by atoms with Gasteiger partial charge in [-0.1, -0.05) is 29.8 Å². The quantitative estimate of drug-likeness (QED) is 0.785. The normalized spacial score (nSPS) is 10.5. The Morgan fingerprint density at radius 1 is 1.12 bits per heavy atom. The number of nitrogens with zero attached hydrogens (tertiary/aromatic N) is 3. The maximum absolute atomic E-state index is 12.3. The standard InChI is InChI=1S/C18H17ClN4O/c1-22(2)17-9-8-13(12-15(17)19)20-18(24)16-10-11-23(21-16)14-6-4-3-5-7-14/h3-12H,1-2H3,(H,20,24). The highest BCUT2D eigenvalue weighted by atomic mass is 35.5. The first-order valence-corrected chi connectivity index (χ1v) is 7.82. The molecule has 1 aromatic heterocycles. The number of rotatable bonds is 4. The first kappa shape index (κ1) is 16.1. The molecule has 122 valence electrons. The summed E-state index contributed by atoms with van der Waals surface area (Å²) in [5.41, 5.74) is 2.76. The van der Waals surface area contributed by atoms with Crippen molar-refractivity contribution in [3.8, 4) is 5.69 Å². The maximum Gasteiger partial charge on any atom is 0.276 e. The van der Waals surface area contributed by atoms with Gasteiger partial charge in [-0.2, -0.15) is 5.10 Å². The van der Waals surface area contributed by atoms with Crippen LogP contribution < -0.4 is 10.2 Å². The van der Waals surface area contributed by atoms with E-state index in [0.29, 0.717) is 16.4 Å². The van der Waals surface area contributed by atoms with Gasteiger partial charge in [-0.25, -0.2) is 4.68 Å². The first-order chi connectivity index (χ1) is 11.5. The predicted octanol–water partition coefficient (Wildman–Crippen LogP) is 3.84. The van der Waals surface area contributed by atoms with E-state index in [-0.39, 0.29) is 5.91 Å². The molecule has 1 amide bonds. The Morgan fingerprint density at radius 3 is 2.54 bits per heavy atom. The maximum atomic E-state index is 12.3. The van der Waals surface area contributed by atoms with Gasteiger partial charge < -0.3 is 10.2 Å². The second-order valence-corrected chi connectivity index (χ2v) is 5.90. The minimum Gasteiger partial charge on any atom is -0.376 e. The van der Waals surface area contributed by atoms with Crippen LogP contribution in [-0.2, 0) is 0 Å². The van der Waals surface area contributed by atoms with Gasteiger partial charge in [-0.3, -0.25) is 4.79 Å². The van der Waals surface area contributed by atoms with Crippen LogP contribution in [0.1, 0.15) is 10.5 Å². The van der Waals surface area contributed by atoms with Gasteiger partial charge in [0.15, 0.2) is 5.69 Å². The summed E-state index contributed by atoms with van der Waals surface area (Å²) in [6.45, 7) is 0. The highest BCUT2D eigenvalue weighted by Gasteiger charge is 2.12. The number of hydrogen-bond donors (Lipinski definition) is 1. The second-order valence-electron chi connectivity index (χ2n) is 5.50. The molecule has 0 atom stereocenters. The zero-order chi connectivity index (χ0) is 17.1. The van der Waals surface area contributed by atoms with Crippen LogP contribution in [0.3, 0.4) is 0 Å². The molecule has 0 radical (unpaired) electrons. The van der Waals surface area contributed by atoms with E-state index in [1.165, 1.54) is 0 Å². The molecule has 0 saturated carbocycles. The van der Waals surface area contributed by atoms with Crippen LogP contribution >= 0.6 is 11.6 Å². The van der Waals surface area contributed by atoms with Crippen molar-refractivity contribution in [3.05, 3.63) is 71.5 Å². The lowest BCUT2D eigenvalue weighted by Gasteiger charge is -2.15. The van der Waals surface area contributed by atoms with Crippen LogP contribution in [-0.4, -0.2) is 29.8 Å². The predicted molar refractivity (Wildman–Crippen MR) is 97.3 cm³/mol. The number of aromatic nitrogens is 2. The smallest absolute Gasteiger partial charge is 0.276 e. The Kier molecular flexibility index (Phi) is 4.53. The first-order valence-electron chi connectivity index (χ1n) is 7.44. The lowest BCUT2D eigenvalue weighted by molar-refractivity contribution is 0.102. The summed E-state index contributed by atoms with van der Waals surface area (Å²) in [6.07, 6.45) is 1.76. The lowest BCUT2D eigenvalue weighted by atomic mass is 10.2. The van der Waals surface area contributed by atoms with Crippen molar-refractivity contribution in [2.45, 2.75) is 0 Å². The van der Waals surface area contributed by atoms with Gasteiger partial charge in [-0.05, 0) is 36.4 Å². The Morgan fingerprint density at radius 2 is 1.88 bits per heavy atom. The van der Waals surface area contributed by atoms with Crippen LogP contribution in [0.2, 0.25) is 5.02 Å². The summed E-state index contributed by atoms with van der Waals surface area (Å²) >= 11 is 6.23. The largest absolute Gasteiger partial charge is 0.376 e. The molecule has 24 heavy (non-hydrogen) atoms. The average molecular weight is 341 g/mol. The van der Waals surface area contributed by atoms with E-state index in [9.17, 15) is 4.79 Å². The lowest BCUT2D eigenvalue weighted by Crippen LogP contribution is -2.14. The van der Waals surface area contributed by atoms with Crippen LogP contribution in [0.5, 0.6) is 0 Å². The van der Waals surface area contributed by atoms with E-state index in [4.69, 9.17) is 11.6 Å². The third kappa shape index (κ3) is 3.41. The molecule has 1 heterocycles. The zero-order valence-corrected chi connectivity index (χ0v) is 14.2. The molecule has 6 heteroatoms. The SMILES string of the molecule is CN(C)c1ccc(NC(=O)c2ccn(-c3ccccc3)n2)cc1Cl. The van der Waals surface area contributed by atoms with Gasteiger partial charge in [0, 0.05) is 26.0 Å². The number of amides is 1. The Hall–Kier alpha value is -2.79. The van der Waals surface area contributed by atoms with Gasteiger partial charge in [0.25, 0.3) is 5.91 Å². The number of nitrogens with one attached hydrogen (secondary N) is 1. The average Bonchev–Trinajstić information content (AvgIpc) is 3.05. The van der Waals surface area contributed by atoms with E-state index in [1.54, 1.807) is 23.0 Å². The molecule has 0 saturated heterocycles. The third-order valence-electron chi connectivity index (χ3n) is 3.53. The van der Waals surface area contributed by atoms with E-state index in [0.717, 1.165) is 11.4 Å². The fourth-order valence-electron chi connectivity index (χ4n) is 2.31. The van der Waals surface area contributed by atoms with Crippen LogP contribution in [0.25, 0.3) is 5.69 Å². The molecular formula is C18H17ClN4O.